The van der Waals surface area contributed by atoms with Crippen molar-refractivity contribution in [2.45, 2.75) is 12.8 Å². The number of unbranched alkanes of at least 4 members (excludes halogenated alkanes) is 1. The molecule has 0 N–H and O–H groups in total. The van der Waals surface area contributed by atoms with Crippen LogP contribution in [0, 0.1) is 6.08 Å². The van der Waals surface area contributed by atoms with Crippen LogP contribution in [0.25, 0.3) is 0 Å². The Balaban J connectivity index is -0.000000125. The fraction of sp³-hybridized carbons (Fsp3) is 0.600. The van der Waals surface area contributed by atoms with E-state index in [2.05, 4.69) is 12.7 Å². The Hall–Kier alpha value is 1.28. The Bertz CT molecular complexity index is 41.4. The molecule has 0 aromatic heterocycles. The Labute approximate surface area is 82.6 Å². The molecular formula is C5H8BrClMg. The number of hydrogen-bond donors (Lipinski definition) is 0. The summed E-state index contributed by atoms with van der Waals surface area (Å²) in [5, 5.41) is 0. The van der Waals surface area contributed by atoms with Crippen LogP contribution in [-0.4, -0.2) is 28.9 Å². The van der Waals surface area contributed by atoms with Gasteiger partial charge in [0, 0.05) is 5.88 Å². The van der Waals surface area contributed by atoms with E-state index < -0.39 is 0 Å². The molecule has 0 saturated heterocycles. The first-order valence-electron chi connectivity index (χ1n) is 1.97. The van der Waals surface area contributed by atoms with Gasteiger partial charge in [-0.2, -0.15) is 6.42 Å². The van der Waals surface area contributed by atoms with Crippen LogP contribution < -0.4 is 17.0 Å². The van der Waals surface area contributed by atoms with Crippen LogP contribution in [0.5, 0.6) is 0 Å². The average Bonchev–Trinajstić information content (AvgIpc) is 1.61. The van der Waals surface area contributed by atoms with Crippen LogP contribution in [0.4, 0.5) is 0 Å². The molecule has 0 aliphatic rings. The van der Waals surface area contributed by atoms with E-state index >= 15 is 0 Å². The van der Waals surface area contributed by atoms with Crippen molar-refractivity contribution in [2.75, 3.05) is 5.88 Å². The van der Waals surface area contributed by atoms with Gasteiger partial charge in [0.2, 0.25) is 0 Å². The van der Waals surface area contributed by atoms with E-state index in [0.717, 1.165) is 18.7 Å². The summed E-state index contributed by atoms with van der Waals surface area (Å²) in [7, 11) is 0. The average molecular weight is 208 g/mol. The topological polar surface area (TPSA) is 0 Å². The molecule has 0 aromatic carbocycles. The minimum atomic E-state index is 0. The third-order valence-electron chi connectivity index (χ3n) is 0.487. The first-order valence-corrected chi connectivity index (χ1v) is 2.51. The number of rotatable bonds is 3. The molecule has 0 atom stereocenters. The Morgan fingerprint density at radius 3 is 2.12 bits per heavy atom. The maximum absolute atomic E-state index is 5.31. The Morgan fingerprint density at radius 1 is 1.50 bits per heavy atom. The third kappa shape index (κ3) is 15.7. The Kier molecular flexibility index (Phi) is 31.7. The van der Waals surface area contributed by atoms with Crippen molar-refractivity contribution in [3.8, 4) is 0 Å². The molecule has 3 heteroatoms. The fourth-order valence-corrected chi connectivity index (χ4v) is 0.325. The molecule has 0 aromatic rings. The fourth-order valence-electron chi connectivity index (χ4n) is 0.192. The van der Waals surface area contributed by atoms with Crippen LogP contribution in [0.2, 0.25) is 0 Å². The predicted octanol–water partition coefficient (Wildman–Crippen LogP) is -1.38. The van der Waals surface area contributed by atoms with Crippen molar-refractivity contribution in [1.82, 2.24) is 0 Å². The number of hydrogen-bond acceptors (Lipinski definition) is 0. The summed E-state index contributed by atoms with van der Waals surface area (Å²) in [6.07, 6.45) is 4.66. The van der Waals surface area contributed by atoms with Crippen molar-refractivity contribution in [3.05, 3.63) is 12.7 Å². The van der Waals surface area contributed by atoms with E-state index in [1.54, 1.807) is 0 Å². The molecule has 0 unspecified atom stereocenters. The molecule has 0 rings (SSSR count). The zero-order valence-electron chi connectivity index (χ0n) is 4.79. The van der Waals surface area contributed by atoms with Crippen molar-refractivity contribution < 1.29 is 17.0 Å². The quantitative estimate of drug-likeness (QED) is 0.232. The van der Waals surface area contributed by atoms with Gasteiger partial charge in [0.1, 0.15) is 0 Å². The van der Waals surface area contributed by atoms with E-state index in [-0.39, 0.29) is 40.0 Å². The molecule has 0 amide bonds. The second-order valence-electron chi connectivity index (χ2n) is 1.04. The zero-order chi connectivity index (χ0) is 4.83. The standard InChI is InChI=1S/C5H8Cl.BrH.Mg/c1-2-3-4-5-6;;/h1,3-5H2;1H;/q-1;;+2/p-1. The van der Waals surface area contributed by atoms with Gasteiger partial charge < -0.3 is 23.1 Å². The molecule has 0 radical (unpaired) electrons. The van der Waals surface area contributed by atoms with Crippen LogP contribution in [-0.2, 0) is 0 Å². The van der Waals surface area contributed by atoms with Gasteiger partial charge in [-0.15, -0.1) is 11.6 Å². The molecule has 44 valence electrons. The summed E-state index contributed by atoms with van der Waals surface area (Å²) in [5.41, 5.74) is 0. The van der Waals surface area contributed by atoms with E-state index in [9.17, 15) is 0 Å². The summed E-state index contributed by atoms with van der Waals surface area (Å²) in [6, 6.07) is 0. The van der Waals surface area contributed by atoms with Crippen LogP contribution in [0.1, 0.15) is 12.8 Å². The maximum Gasteiger partial charge on any atom is 2.00 e. The van der Waals surface area contributed by atoms with Gasteiger partial charge in [0.15, 0.2) is 0 Å². The molecule has 0 saturated carbocycles. The number of alkyl halides is 1. The number of halogens is 2. The first kappa shape index (κ1) is 16.1. The van der Waals surface area contributed by atoms with Gasteiger partial charge in [0.25, 0.3) is 0 Å². The molecule has 0 bridgehead atoms. The van der Waals surface area contributed by atoms with E-state index in [0.29, 0.717) is 0 Å². The SMILES string of the molecule is C=[C-]CCCCl.[Br-].[Mg+2]. The summed E-state index contributed by atoms with van der Waals surface area (Å²) in [6.45, 7) is 3.41. The summed E-state index contributed by atoms with van der Waals surface area (Å²) >= 11 is 5.31. The number of allylic oxidation sites excluding steroid dienone is 1. The monoisotopic (exact) mass is 206 g/mol. The molecule has 0 spiro atoms. The summed E-state index contributed by atoms with van der Waals surface area (Å²) in [4.78, 5) is 0. The second kappa shape index (κ2) is 15.7. The molecular weight excluding hydrogens is 200 g/mol. The second-order valence-corrected chi connectivity index (χ2v) is 1.42. The van der Waals surface area contributed by atoms with Gasteiger partial charge in [-0.05, 0) is 0 Å². The van der Waals surface area contributed by atoms with E-state index in [1.165, 1.54) is 0 Å². The third-order valence-corrected chi connectivity index (χ3v) is 0.754. The minimum Gasteiger partial charge on any atom is -1.00 e. The van der Waals surface area contributed by atoms with Crippen LogP contribution in [0.15, 0.2) is 6.58 Å². The molecule has 0 fully saturated rings. The largest absolute Gasteiger partial charge is 2.00 e. The molecule has 0 heterocycles. The maximum atomic E-state index is 5.31. The van der Waals surface area contributed by atoms with Crippen molar-refractivity contribution >= 4 is 34.7 Å². The van der Waals surface area contributed by atoms with Gasteiger partial charge in [-0.3, -0.25) is 6.58 Å². The molecule has 0 aliphatic heterocycles. The van der Waals surface area contributed by atoms with Crippen LogP contribution in [0.3, 0.4) is 0 Å². The minimum absolute atomic E-state index is 0. The van der Waals surface area contributed by atoms with Crippen LogP contribution >= 0.6 is 11.6 Å². The van der Waals surface area contributed by atoms with Gasteiger partial charge >= 0.3 is 23.1 Å². The van der Waals surface area contributed by atoms with Crippen molar-refractivity contribution in [3.63, 3.8) is 0 Å². The van der Waals surface area contributed by atoms with Gasteiger partial charge in [-0.25, -0.2) is 0 Å². The summed E-state index contributed by atoms with van der Waals surface area (Å²) in [5.74, 6) is 0.725. The van der Waals surface area contributed by atoms with Gasteiger partial charge in [-0.1, -0.05) is 6.42 Å². The van der Waals surface area contributed by atoms with Crippen molar-refractivity contribution in [2.24, 2.45) is 0 Å². The van der Waals surface area contributed by atoms with Gasteiger partial charge in [0.05, 0.1) is 0 Å². The molecule has 0 aliphatic carbocycles. The summed E-state index contributed by atoms with van der Waals surface area (Å²) < 4.78 is 0. The smallest absolute Gasteiger partial charge is 1.00 e. The predicted molar refractivity (Wildman–Crippen MR) is 34.6 cm³/mol. The zero-order valence-corrected chi connectivity index (χ0v) is 8.55. The first-order chi connectivity index (χ1) is 2.91. The molecule has 8 heavy (non-hydrogen) atoms. The van der Waals surface area contributed by atoms with E-state index in [4.69, 9.17) is 11.6 Å². The van der Waals surface area contributed by atoms with E-state index in [1.807, 2.05) is 0 Å². The Morgan fingerprint density at radius 2 is 2.00 bits per heavy atom. The molecule has 0 nitrogen and oxygen atoms in total. The van der Waals surface area contributed by atoms with Crippen molar-refractivity contribution in [1.29, 1.82) is 0 Å². The normalized spacial score (nSPS) is 6.12.